The summed E-state index contributed by atoms with van der Waals surface area (Å²) in [5.74, 6) is 0. The molecule has 4 aromatic carbocycles. The van der Waals surface area contributed by atoms with Crippen LogP contribution in [0.15, 0.2) is 66.7 Å². The van der Waals surface area contributed by atoms with E-state index in [1.807, 2.05) is 17.8 Å². The predicted molar refractivity (Wildman–Crippen MR) is 132 cm³/mol. The third-order valence-electron chi connectivity index (χ3n) is 6.45. The zero-order valence-electron chi connectivity index (χ0n) is 19.2. The topological polar surface area (TPSA) is 40.6 Å². The second-order valence-corrected chi connectivity index (χ2v) is 9.57. The maximum absolute atomic E-state index is 9.81. The van der Waals surface area contributed by atoms with E-state index in [-0.39, 0.29) is 5.41 Å². The number of rotatable bonds is 1. The van der Waals surface area contributed by atoms with Crippen LogP contribution in [0, 0.1) is 18.3 Å². The molecule has 0 spiro atoms. The summed E-state index contributed by atoms with van der Waals surface area (Å²) in [6.07, 6.45) is 0. The van der Waals surface area contributed by atoms with Crippen LogP contribution in [0.2, 0.25) is 0 Å². The Balaban J connectivity index is 1.98. The van der Waals surface area contributed by atoms with Gasteiger partial charge in [-0.2, -0.15) is 5.26 Å². The van der Waals surface area contributed by atoms with E-state index in [1.165, 1.54) is 21.9 Å². The van der Waals surface area contributed by atoms with Crippen LogP contribution in [0.1, 0.15) is 37.6 Å². The first kappa shape index (κ1) is 20.2. The standard InChI is InChI=1S/C29H26N3/c1-18-21-12-8-9-13-22(21)26(29(2,3)4)16-23(18)28-25-15-20-11-7-6-10-19(20)14-24(25)27(17-30)31-32(28)5/h6-16H,1-5H3/q+1. The van der Waals surface area contributed by atoms with Crippen molar-refractivity contribution >= 4 is 32.3 Å². The Kier molecular flexibility index (Phi) is 4.50. The van der Waals surface area contributed by atoms with Crippen LogP contribution in [-0.2, 0) is 12.5 Å². The zero-order valence-corrected chi connectivity index (χ0v) is 19.2. The number of hydrogen-bond donors (Lipinski definition) is 0. The van der Waals surface area contributed by atoms with Gasteiger partial charge in [-0.25, -0.2) is 0 Å². The van der Waals surface area contributed by atoms with E-state index in [2.05, 4.69) is 99.5 Å². The largest absolute Gasteiger partial charge is 0.247 e. The fourth-order valence-corrected chi connectivity index (χ4v) is 4.85. The van der Waals surface area contributed by atoms with E-state index in [0.717, 1.165) is 32.8 Å². The molecule has 1 aromatic heterocycles. The molecule has 0 unspecified atom stereocenters. The lowest BCUT2D eigenvalue weighted by molar-refractivity contribution is -0.719. The van der Waals surface area contributed by atoms with Crippen LogP contribution in [0.5, 0.6) is 0 Å². The minimum atomic E-state index is -0.0108. The Bertz CT molecular complexity index is 1580. The molecule has 3 nitrogen and oxygen atoms in total. The summed E-state index contributed by atoms with van der Waals surface area (Å²) in [6, 6.07) is 25.9. The molecule has 32 heavy (non-hydrogen) atoms. The minimum absolute atomic E-state index is 0.0108. The Labute approximate surface area is 188 Å². The molecule has 0 aliphatic carbocycles. The van der Waals surface area contributed by atoms with Crippen molar-refractivity contribution in [1.82, 2.24) is 5.10 Å². The summed E-state index contributed by atoms with van der Waals surface area (Å²) in [7, 11) is 1.94. The van der Waals surface area contributed by atoms with Gasteiger partial charge in [0.2, 0.25) is 11.4 Å². The zero-order chi connectivity index (χ0) is 22.6. The third-order valence-corrected chi connectivity index (χ3v) is 6.45. The maximum atomic E-state index is 9.81. The average molecular weight is 417 g/mol. The lowest BCUT2D eigenvalue weighted by Crippen LogP contribution is -2.37. The van der Waals surface area contributed by atoms with Gasteiger partial charge in [0, 0.05) is 10.5 Å². The van der Waals surface area contributed by atoms with Gasteiger partial charge in [-0.15, -0.1) is 0 Å². The first-order valence-electron chi connectivity index (χ1n) is 11.0. The SMILES string of the molecule is Cc1c(-c2c3cc4ccccc4cc3c(C#N)n[n+]2C)cc(C(C)(C)C)c2ccccc12. The molecule has 0 radical (unpaired) electrons. The van der Waals surface area contributed by atoms with Crippen LogP contribution < -0.4 is 4.68 Å². The van der Waals surface area contributed by atoms with Gasteiger partial charge in [-0.1, -0.05) is 74.0 Å². The first-order valence-corrected chi connectivity index (χ1v) is 11.0. The Morgan fingerprint density at radius 3 is 2.03 bits per heavy atom. The number of aromatic nitrogens is 2. The molecule has 0 fully saturated rings. The Morgan fingerprint density at radius 2 is 1.41 bits per heavy atom. The maximum Gasteiger partial charge on any atom is 0.247 e. The second-order valence-electron chi connectivity index (χ2n) is 9.57. The average Bonchev–Trinajstić information content (AvgIpc) is 2.77. The summed E-state index contributed by atoms with van der Waals surface area (Å²) in [6.45, 7) is 8.97. The third kappa shape index (κ3) is 3.03. The number of nitrogens with zero attached hydrogens (tertiary/aromatic N) is 3. The van der Waals surface area contributed by atoms with Gasteiger partial charge in [-0.3, -0.25) is 0 Å². The predicted octanol–water partition coefficient (Wildman–Crippen LogP) is 6.51. The van der Waals surface area contributed by atoms with Gasteiger partial charge < -0.3 is 0 Å². The molecule has 0 bridgehead atoms. The summed E-state index contributed by atoms with van der Waals surface area (Å²) in [5, 5.41) is 21.3. The fraction of sp³-hybridized carbons (Fsp3) is 0.207. The van der Waals surface area contributed by atoms with Crippen LogP contribution in [0.25, 0.3) is 43.6 Å². The number of hydrogen-bond acceptors (Lipinski definition) is 2. The molecule has 5 rings (SSSR count). The number of aryl methyl sites for hydroxylation is 2. The molecule has 0 saturated heterocycles. The Hall–Kier alpha value is -3.77. The molecule has 5 aromatic rings. The molecule has 0 aliphatic rings. The summed E-state index contributed by atoms with van der Waals surface area (Å²) < 4.78 is 1.87. The molecule has 0 aliphatic heterocycles. The lowest BCUT2D eigenvalue weighted by atomic mass is 9.80. The van der Waals surface area contributed by atoms with E-state index < -0.39 is 0 Å². The fourth-order valence-electron chi connectivity index (χ4n) is 4.85. The van der Waals surface area contributed by atoms with Crippen molar-refractivity contribution in [2.75, 3.05) is 0 Å². The molecular formula is C29H26N3+. The van der Waals surface area contributed by atoms with Gasteiger partial charge in [0.25, 0.3) is 0 Å². The number of nitriles is 1. The highest BCUT2D eigenvalue weighted by molar-refractivity contribution is 6.06. The van der Waals surface area contributed by atoms with E-state index in [9.17, 15) is 5.26 Å². The normalized spacial score (nSPS) is 11.9. The van der Waals surface area contributed by atoms with E-state index >= 15 is 0 Å². The Morgan fingerprint density at radius 1 is 0.812 bits per heavy atom. The highest BCUT2D eigenvalue weighted by Gasteiger charge is 2.26. The van der Waals surface area contributed by atoms with Crippen molar-refractivity contribution in [3.63, 3.8) is 0 Å². The van der Waals surface area contributed by atoms with Crippen LogP contribution in [-0.4, -0.2) is 5.10 Å². The van der Waals surface area contributed by atoms with E-state index in [4.69, 9.17) is 0 Å². The van der Waals surface area contributed by atoms with E-state index in [1.54, 1.807) is 0 Å². The van der Waals surface area contributed by atoms with Gasteiger partial charge in [0.15, 0.2) is 7.05 Å². The highest BCUT2D eigenvalue weighted by atomic mass is 15.3. The van der Waals surface area contributed by atoms with Gasteiger partial charge in [0.1, 0.15) is 6.07 Å². The van der Waals surface area contributed by atoms with E-state index in [0.29, 0.717) is 5.69 Å². The molecule has 3 heteroatoms. The molecule has 0 amide bonds. The minimum Gasteiger partial charge on any atom is -0.190 e. The van der Waals surface area contributed by atoms with Crippen LogP contribution in [0.4, 0.5) is 0 Å². The van der Waals surface area contributed by atoms with Crippen molar-refractivity contribution in [1.29, 1.82) is 5.26 Å². The summed E-state index contributed by atoms with van der Waals surface area (Å²) in [5.41, 5.74) is 5.18. The van der Waals surface area contributed by atoms with Crippen molar-refractivity contribution in [3.05, 3.63) is 83.6 Å². The van der Waals surface area contributed by atoms with Gasteiger partial charge in [-0.05, 0) is 63.2 Å². The second kappa shape index (κ2) is 7.14. The molecule has 1 heterocycles. The van der Waals surface area contributed by atoms with Crippen molar-refractivity contribution in [2.24, 2.45) is 7.05 Å². The number of fused-ring (bicyclic) bond motifs is 3. The summed E-state index contributed by atoms with van der Waals surface area (Å²) in [4.78, 5) is 0. The monoisotopic (exact) mass is 416 g/mol. The molecule has 0 N–H and O–H groups in total. The number of benzene rings is 4. The first-order chi connectivity index (χ1) is 15.3. The van der Waals surface area contributed by atoms with Crippen LogP contribution >= 0.6 is 0 Å². The van der Waals surface area contributed by atoms with Crippen molar-refractivity contribution < 1.29 is 4.68 Å². The molecule has 0 atom stereocenters. The smallest absolute Gasteiger partial charge is 0.190 e. The van der Waals surface area contributed by atoms with Crippen molar-refractivity contribution in [2.45, 2.75) is 33.1 Å². The highest BCUT2D eigenvalue weighted by Crippen LogP contribution is 2.39. The van der Waals surface area contributed by atoms with Crippen LogP contribution in [0.3, 0.4) is 0 Å². The molecule has 0 saturated carbocycles. The van der Waals surface area contributed by atoms with Crippen molar-refractivity contribution in [3.8, 4) is 17.3 Å². The molecular weight excluding hydrogens is 390 g/mol. The quantitative estimate of drug-likeness (QED) is 0.231. The lowest BCUT2D eigenvalue weighted by Gasteiger charge is -2.24. The van der Waals surface area contributed by atoms with Gasteiger partial charge in [0.05, 0.1) is 10.9 Å². The molecule has 156 valence electrons. The van der Waals surface area contributed by atoms with Gasteiger partial charge >= 0.3 is 0 Å². The summed E-state index contributed by atoms with van der Waals surface area (Å²) >= 11 is 0.